The van der Waals surface area contributed by atoms with E-state index in [0.717, 1.165) is 6.42 Å². The van der Waals surface area contributed by atoms with Gasteiger partial charge in [0, 0.05) is 19.3 Å². The fraction of sp³-hybridized carbons (Fsp3) is 0.909. The highest BCUT2D eigenvalue weighted by Gasteiger charge is 2.38. The van der Waals surface area contributed by atoms with Gasteiger partial charge in [0.1, 0.15) is 0 Å². The van der Waals surface area contributed by atoms with Crippen LogP contribution in [0.5, 0.6) is 0 Å². The molecule has 2 atom stereocenters. The largest absolute Gasteiger partial charge is 0.481 e. The van der Waals surface area contributed by atoms with Crippen molar-refractivity contribution < 1.29 is 23.1 Å². The summed E-state index contributed by atoms with van der Waals surface area (Å²) in [4.78, 5) is 11.0. The van der Waals surface area contributed by atoms with Crippen LogP contribution in [0.25, 0.3) is 0 Å². The van der Waals surface area contributed by atoms with Gasteiger partial charge in [0.25, 0.3) is 0 Å². The van der Waals surface area contributed by atoms with Crippen LogP contribution in [0.1, 0.15) is 32.1 Å². The lowest BCUT2D eigenvalue weighted by molar-refractivity contribution is -0.141. The highest BCUT2D eigenvalue weighted by Crippen LogP contribution is 2.27. The Morgan fingerprint density at radius 2 is 1.83 bits per heavy atom. The van der Waals surface area contributed by atoms with Crippen LogP contribution >= 0.6 is 0 Å². The van der Waals surface area contributed by atoms with Gasteiger partial charge in [-0.1, -0.05) is 6.42 Å². The van der Waals surface area contributed by atoms with Gasteiger partial charge < -0.3 is 9.84 Å². The summed E-state index contributed by atoms with van der Waals surface area (Å²) in [5, 5.41) is 8.59. The summed E-state index contributed by atoms with van der Waals surface area (Å²) in [5.41, 5.74) is 0. The minimum absolute atomic E-state index is 0.443. The monoisotopic (exact) mass is 277 g/mol. The molecule has 2 unspecified atom stereocenters. The van der Waals surface area contributed by atoms with E-state index >= 15 is 0 Å². The van der Waals surface area contributed by atoms with E-state index in [4.69, 9.17) is 9.84 Å². The molecule has 0 spiro atoms. The predicted octanol–water partition coefficient (Wildman–Crippen LogP) is 0.338. The molecule has 2 fully saturated rings. The first-order chi connectivity index (χ1) is 8.50. The fourth-order valence-corrected chi connectivity index (χ4v) is 4.40. The van der Waals surface area contributed by atoms with E-state index in [9.17, 15) is 13.2 Å². The van der Waals surface area contributed by atoms with Crippen molar-refractivity contribution in [3.8, 4) is 0 Å². The normalized spacial score (nSPS) is 30.4. The van der Waals surface area contributed by atoms with E-state index in [0.29, 0.717) is 38.9 Å². The molecule has 7 heteroatoms. The van der Waals surface area contributed by atoms with E-state index in [1.54, 1.807) is 0 Å². The van der Waals surface area contributed by atoms with E-state index in [-0.39, 0.29) is 0 Å². The standard InChI is InChI=1S/C11H19NO5S/c13-11(14)9-2-1-3-10(9)12-18(15,16)8-4-6-17-7-5-8/h8-10,12H,1-7H2,(H,13,14). The average molecular weight is 277 g/mol. The zero-order chi connectivity index (χ0) is 13.2. The molecule has 1 aliphatic heterocycles. The molecule has 2 aliphatic rings. The molecule has 0 bridgehead atoms. The zero-order valence-corrected chi connectivity index (χ0v) is 11.0. The summed E-state index contributed by atoms with van der Waals surface area (Å²) < 4.78 is 32.0. The van der Waals surface area contributed by atoms with Crippen LogP contribution in [-0.2, 0) is 19.6 Å². The van der Waals surface area contributed by atoms with Crippen molar-refractivity contribution >= 4 is 16.0 Å². The summed E-state index contributed by atoms with van der Waals surface area (Å²) in [5.74, 6) is -1.49. The van der Waals surface area contributed by atoms with E-state index in [2.05, 4.69) is 4.72 Å². The van der Waals surface area contributed by atoms with Gasteiger partial charge in [-0.15, -0.1) is 0 Å². The van der Waals surface area contributed by atoms with E-state index in [1.807, 2.05) is 0 Å². The maximum Gasteiger partial charge on any atom is 0.308 e. The van der Waals surface area contributed by atoms with E-state index in [1.165, 1.54) is 0 Å². The topological polar surface area (TPSA) is 92.7 Å². The Balaban J connectivity index is 2.00. The smallest absolute Gasteiger partial charge is 0.308 e. The Labute approximate surface area is 107 Å². The Morgan fingerprint density at radius 3 is 2.44 bits per heavy atom. The number of ether oxygens (including phenoxy) is 1. The average Bonchev–Trinajstić information content (AvgIpc) is 2.78. The molecule has 1 saturated carbocycles. The van der Waals surface area contributed by atoms with Gasteiger partial charge in [-0.05, 0) is 25.7 Å². The molecule has 0 aromatic rings. The first-order valence-corrected chi connectivity index (χ1v) is 7.87. The molecule has 0 aromatic carbocycles. The van der Waals surface area contributed by atoms with Gasteiger partial charge in [-0.3, -0.25) is 4.79 Å². The molecule has 0 amide bonds. The van der Waals surface area contributed by atoms with Crippen molar-refractivity contribution in [1.82, 2.24) is 4.72 Å². The molecule has 0 aromatic heterocycles. The first-order valence-electron chi connectivity index (χ1n) is 6.32. The molecule has 1 saturated heterocycles. The molecule has 104 valence electrons. The summed E-state index contributed by atoms with van der Waals surface area (Å²) >= 11 is 0. The molecule has 2 rings (SSSR count). The Morgan fingerprint density at radius 1 is 1.17 bits per heavy atom. The fourth-order valence-electron chi connectivity index (χ4n) is 2.69. The van der Waals surface area contributed by atoms with Crippen molar-refractivity contribution in [3.63, 3.8) is 0 Å². The number of hydrogen-bond acceptors (Lipinski definition) is 4. The van der Waals surface area contributed by atoms with Gasteiger partial charge >= 0.3 is 5.97 Å². The molecular weight excluding hydrogens is 258 g/mol. The van der Waals surface area contributed by atoms with Gasteiger partial charge in [-0.2, -0.15) is 0 Å². The maximum absolute atomic E-state index is 12.2. The lowest BCUT2D eigenvalue weighted by Gasteiger charge is -2.25. The predicted molar refractivity (Wildman–Crippen MR) is 64.7 cm³/mol. The number of aliphatic carboxylic acids is 1. The molecule has 18 heavy (non-hydrogen) atoms. The summed E-state index contributed by atoms with van der Waals surface area (Å²) in [6.07, 6.45) is 2.90. The lowest BCUT2D eigenvalue weighted by Crippen LogP contribution is -2.45. The maximum atomic E-state index is 12.2. The second-order valence-electron chi connectivity index (χ2n) is 4.96. The minimum atomic E-state index is -3.43. The van der Waals surface area contributed by atoms with Gasteiger partial charge in [0.05, 0.1) is 11.2 Å². The second kappa shape index (κ2) is 5.54. The molecule has 2 N–H and O–H groups in total. The number of rotatable bonds is 4. The second-order valence-corrected chi connectivity index (χ2v) is 6.95. The Kier molecular flexibility index (Phi) is 4.24. The van der Waals surface area contributed by atoms with E-state index < -0.39 is 33.2 Å². The summed E-state index contributed by atoms with van der Waals surface area (Å²) in [6, 6.07) is -0.449. The number of hydrogen-bond donors (Lipinski definition) is 2. The van der Waals surface area contributed by atoms with Crippen molar-refractivity contribution in [2.24, 2.45) is 5.92 Å². The first kappa shape index (κ1) is 13.8. The molecule has 1 heterocycles. The Bertz CT molecular complexity index is 402. The molecule has 0 radical (unpaired) electrons. The zero-order valence-electron chi connectivity index (χ0n) is 10.2. The third-order valence-electron chi connectivity index (χ3n) is 3.76. The number of carboxylic acid groups (broad SMARTS) is 1. The quantitative estimate of drug-likeness (QED) is 0.773. The number of nitrogens with one attached hydrogen (secondary N) is 1. The molecule has 6 nitrogen and oxygen atoms in total. The number of carboxylic acids is 1. The number of sulfonamides is 1. The van der Waals surface area contributed by atoms with Crippen LogP contribution in [0.2, 0.25) is 0 Å². The van der Waals surface area contributed by atoms with Crippen LogP contribution in [0, 0.1) is 5.92 Å². The summed E-state index contributed by atoms with van der Waals surface area (Å²) in [6.45, 7) is 0.914. The minimum Gasteiger partial charge on any atom is -0.481 e. The Hall–Kier alpha value is -0.660. The third kappa shape index (κ3) is 3.02. The lowest BCUT2D eigenvalue weighted by atomic mass is 10.1. The summed E-state index contributed by atoms with van der Waals surface area (Å²) in [7, 11) is -3.43. The van der Waals surface area contributed by atoms with Crippen LogP contribution in [-0.4, -0.2) is 44.0 Å². The van der Waals surface area contributed by atoms with Crippen LogP contribution in [0.4, 0.5) is 0 Å². The highest BCUT2D eigenvalue weighted by molar-refractivity contribution is 7.90. The molecular formula is C11H19NO5S. The highest BCUT2D eigenvalue weighted by atomic mass is 32.2. The van der Waals surface area contributed by atoms with Crippen molar-refractivity contribution in [3.05, 3.63) is 0 Å². The van der Waals surface area contributed by atoms with Crippen molar-refractivity contribution in [1.29, 1.82) is 0 Å². The number of carbonyl (C=O) groups is 1. The van der Waals surface area contributed by atoms with Crippen molar-refractivity contribution in [2.45, 2.75) is 43.4 Å². The van der Waals surface area contributed by atoms with Crippen LogP contribution in [0.3, 0.4) is 0 Å². The van der Waals surface area contributed by atoms with Crippen molar-refractivity contribution in [2.75, 3.05) is 13.2 Å². The third-order valence-corrected chi connectivity index (χ3v) is 5.74. The SMILES string of the molecule is O=C(O)C1CCCC1NS(=O)(=O)C1CCOCC1. The van der Waals surface area contributed by atoms with Crippen LogP contribution < -0.4 is 4.72 Å². The van der Waals surface area contributed by atoms with Gasteiger partial charge in [0.15, 0.2) is 0 Å². The van der Waals surface area contributed by atoms with Crippen LogP contribution in [0.15, 0.2) is 0 Å². The molecule has 1 aliphatic carbocycles. The van der Waals surface area contributed by atoms with Gasteiger partial charge in [0.2, 0.25) is 10.0 Å². The van der Waals surface area contributed by atoms with Gasteiger partial charge in [-0.25, -0.2) is 13.1 Å².